The maximum atomic E-state index is 12.3. The summed E-state index contributed by atoms with van der Waals surface area (Å²) in [4.78, 5) is 19.5. The number of ether oxygens (including phenoxy) is 1. The molecule has 0 atom stereocenters. The third-order valence-corrected chi connectivity index (χ3v) is 3.96. The molecule has 0 spiro atoms. The number of benzene rings is 1. The molecular formula is C18H23N5O2. The smallest absolute Gasteiger partial charge is 0.354 e. The summed E-state index contributed by atoms with van der Waals surface area (Å²) in [5.41, 5.74) is 8.58. The molecule has 0 amide bonds. The average Bonchev–Trinajstić information content (AvgIpc) is 3.00. The molecule has 3 rings (SSSR count). The second-order valence-corrected chi connectivity index (χ2v) is 5.91. The number of nitrogens with zero attached hydrogens (tertiary/aromatic N) is 2. The largest absolute Gasteiger partial charge is 0.378 e. The molecule has 3 aromatic rings. The molecule has 0 saturated heterocycles. The highest BCUT2D eigenvalue weighted by Gasteiger charge is 2.07. The molecule has 2 heterocycles. The van der Waals surface area contributed by atoms with Crippen molar-refractivity contribution < 1.29 is 4.74 Å². The molecule has 0 aliphatic heterocycles. The SMILES string of the molecule is COCc1cc2cn(-c3ccc(CNCCCN)cc3)c(=O)nc2[nH]1. The van der Waals surface area contributed by atoms with E-state index in [9.17, 15) is 4.79 Å². The van der Waals surface area contributed by atoms with Crippen molar-refractivity contribution in [1.82, 2.24) is 19.9 Å². The first-order chi connectivity index (χ1) is 12.2. The highest BCUT2D eigenvalue weighted by atomic mass is 16.5. The summed E-state index contributed by atoms with van der Waals surface area (Å²) in [5, 5.41) is 4.21. The van der Waals surface area contributed by atoms with Crippen molar-refractivity contribution in [1.29, 1.82) is 0 Å². The number of nitrogens with one attached hydrogen (secondary N) is 2. The average molecular weight is 341 g/mol. The maximum Gasteiger partial charge on any atom is 0.354 e. The van der Waals surface area contributed by atoms with Gasteiger partial charge in [-0.15, -0.1) is 0 Å². The number of hydrogen-bond acceptors (Lipinski definition) is 5. The summed E-state index contributed by atoms with van der Waals surface area (Å²) in [5.74, 6) is 0. The van der Waals surface area contributed by atoms with Crippen LogP contribution in [-0.4, -0.2) is 34.7 Å². The van der Waals surface area contributed by atoms with Crippen molar-refractivity contribution in [3.8, 4) is 5.69 Å². The topological polar surface area (TPSA) is 98.0 Å². The highest BCUT2D eigenvalue weighted by molar-refractivity contribution is 5.75. The lowest BCUT2D eigenvalue weighted by molar-refractivity contribution is 0.182. The summed E-state index contributed by atoms with van der Waals surface area (Å²) in [7, 11) is 1.63. The molecule has 0 radical (unpaired) electrons. The van der Waals surface area contributed by atoms with Crippen LogP contribution in [0.25, 0.3) is 16.7 Å². The molecule has 0 saturated carbocycles. The van der Waals surface area contributed by atoms with Crippen LogP contribution >= 0.6 is 0 Å². The number of nitrogens with two attached hydrogens (primary N) is 1. The molecule has 0 aliphatic carbocycles. The van der Waals surface area contributed by atoms with Gasteiger partial charge in [-0.3, -0.25) is 4.57 Å². The first kappa shape index (κ1) is 17.3. The Balaban J connectivity index is 1.80. The van der Waals surface area contributed by atoms with Gasteiger partial charge in [0.1, 0.15) is 5.65 Å². The lowest BCUT2D eigenvalue weighted by atomic mass is 10.2. The van der Waals surface area contributed by atoms with Gasteiger partial charge in [0.2, 0.25) is 0 Å². The van der Waals surface area contributed by atoms with E-state index in [1.807, 2.05) is 30.3 Å². The molecule has 7 nitrogen and oxygen atoms in total. The fourth-order valence-corrected chi connectivity index (χ4v) is 2.70. The zero-order valence-electron chi connectivity index (χ0n) is 14.3. The van der Waals surface area contributed by atoms with E-state index < -0.39 is 0 Å². The van der Waals surface area contributed by atoms with Crippen molar-refractivity contribution in [3.63, 3.8) is 0 Å². The minimum absolute atomic E-state index is 0.313. The van der Waals surface area contributed by atoms with Crippen LogP contribution in [0.15, 0.2) is 41.3 Å². The minimum atomic E-state index is -0.313. The third-order valence-electron chi connectivity index (χ3n) is 3.96. The first-order valence-electron chi connectivity index (χ1n) is 8.31. The van der Waals surface area contributed by atoms with Gasteiger partial charge in [-0.25, -0.2) is 4.79 Å². The second-order valence-electron chi connectivity index (χ2n) is 5.91. The van der Waals surface area contributed by atoms with E-state index in [0.29, 0.717) is 18.8 Å². The monoisotopic (exact) mass is 341 g/mol. The highest BCUT2D eigenvalue weighted by Crippen LogP contribution is 2.14. The van der Waals surface area contributed by atoms with Crippen LogP contribution < -0.4 is 16.7 Å². The second kappa shape index (κ2) is 8.06. The van der Waals surface area contributed by atoms with Gasteiger partial charge in [0, 0.05) is 30.9 Å². The van der Waals surface area contributed by atoms with E-state index in [1.54, 1.807) is 17.9 Å². The zero-order chi connectivity index (χ0) is 17.6. The first-order valence-corrected chi connectivity index (χ1v) is 8.31. The van der Waals surface area contributed by atoms with Gasteiger partial charge in [0.25, 0.3) is 0 Å². The van der Waals surface area contributed by atoms with Gasteiger partial charge in [-0.05, 0) is 43.3 Å². The summed E-state index contributed by atoms with van der Waals surface area (Å²) < 4.78 is 6.66. The van der Waals surface area contributed by atoms with Crippen molar-refractivity contribution in [3.05, 3.63) is 58.3 Å². The number of H-pyrrole nitrogens is 1. The van der Waals surface area contributed by atoms with Crippen LogP contribution in [0, 0.1) is 0 Å². The number of aromatic amines is 1. The molecule has 1 aromatic carbocycles. The van der Waals surface area contributed by atoms with Gasteiger partial charge in [0.15, 0.2) is 0 Å². The predicted octanol–water partition coefficient (Wildman–Crippen LogP) is 1.30. The molecule has 2 aromatic heterocycles. The Morgan fingerprint density at radius 3 is 2.84 bits per heavy atom. The lowest BCUT2D eigenvalue weighted by Gasteiger charge is -2.07. The Morgan fingerprint density at radius 2 is 2.12 bits per heavy atom. The normalized spacial score (nSPS) is 11.3. The number of fused-ring (bicyclic) bond motifs is 1. The van der Waals surface area contributed by atoms with Crippen LogP contribution in [0.4, 0.5) is 0 Å². The summed E-state index contributed by atoms with van der Waals surface area (Å²) in [6, 6.07) is 9.82. The third kappa shape index (κ3) is 4.14. The molecule has 0 unspecified atom stereocenters. The molecule has 0 aliphatic rings. The van der Waals surface area contributed by atoms with E-state index in [1.165, 1.54) is 0 Å². The van der Waals surface area contributed by atoms with Crippen molar-refractivity contribution in [2.24, 2.45) is 5.73 Å². The van der Waals surface area contributed by atoms with Crippen LogP contribution in [-0.2, 0) is 17.9 Å². The number of methoxy groups -OCH3 is 1. The molecule has 7 heteroatoms. The quantitative estimate of drug-likeness (QED) is 0.537. The van der Waals surface area contributed by atoms with Crippen molar-refractivity contribution in [2.75, 3.05) is 20.2 Å². The molecule has 132 valence electrons. The maximum absolute atomic E-state index is 12.3. The minimum Gasteiger partial charge on any atom is -0.378 e. The predicted molar refractivity (Wildman–Crippen MR) is 97.8 cm³/mol. The van der Waals surface area contributed by atoms with E-state index in [-0.39, 0.29) is 5.69 Å². The standard InChI is InChI=1S/C18H23N5O2/c1-25-12-15-9-14-11-23(18(24)22-17(14)21-15)16-5-3-13(4-6-16)10-20-8-2-7-19/h3-6,9,11,20H,2,7-8,10,12,19H2,1H3,(H,21,22,24). The van der Waals surface area contributed by atoms with E-state index >= 15 is 0 Å². The van der Waals surface area contributed by atoms with Crippen LogP contribution in [0.3, 0.4) is 0 Å². The van der Waals surface area contributed by atoms with Crippen molar-refractivity contribution in [2.45, 2.75) is 19.6 Å². The fraction of sp³-hybridized carbons (Fsp3) is 0.333. The Morgan fingerprint density at radius 1 is 1.32 bits per heavy atom. The van der Waals surface area contributed by atoms with Crippen LogP contribution in [0.2, 0.25) is 0 Å². The molecular weight excluding hydrogens is 318 g/mol. The molecule has 25 heavy (non-hydrogen) atoms. The van der Waals surface area contributed by atoms with Gasteiger partial charge in [0.05, 0.1) is 12.3 Å². The van der Waals surface area contributed by atoms with E-state index in [4.69, 9.17) is 10.5 Å². The fourth-order valence-electron chi connectivity index (χ4n) is 2.70. The van der Waals surface area contributed by atoms with Crippen molar-refractivity contribution >= 4 is 11.0 Å². The summed E-state index contributed by atoms with van der Waals surface area (Å²) >= 11 is 0. The van der Waals surface area contributed by atoms with Gasteiger partial charge in [-0.2, -0.15) is 4.98 Å². The Hall–Kier alpha value is -2.48. The molecule has 4 N–H and O–H groups in total. The summed E-state index contributed by atoms with van der Waals surface area (Å²) in [6.07, 6.45) is 2.76. The van der Waals surface area contributed by atoms with Gasteiger partial charge < -0.3 is 20.8 Å². The molecule has 0 bridgehead atoms. The van der Waals surface area contributed by atoms with Gasteiger partial charge in [-0.1, -0.05) is 12.1 Å². The number of rotatable bonds is 8. The van der Waals surface area contributed by atoms with Crippen LogP contribution in [0.5, 0.6) is 0 Å². The number of aromatic nitrogens is 3. The summed E-state index contributed by atoms with van der Waals surface area (Å²) in [6.45, 7) is 2.83. The Kier molecular flexibility index (Phi) is 5.60. The molecule has 0 fully saturated rings. The van der Waals surface area contributed by atoms with Crippen LogP contribution in [0.1, 0.15) is 17.7 Å². The van der Waals surface area contributed by atoms with E-state index in [0.717, 1.165) is 41.8 Å². The Bertz CT molecular complexity index is 883. The number of hydrogen-bond donors (Lipinski definition) is 3. The Labute approximate surface area is 145 Å². The van der Waals surface area contributed by atoms with Gasteiger partial charge >= 0.3 is 5.69 Å². The van der Waals surface area contributed by atoms with E-state index in [2.05, 4.69) is 15.3 Å². The lowest BCUT2D eigenvalue weighted by Crippen LogP contribution is -2.20. The zero-order valence-corrected chi connectivity index (χ0v) is 14.3.